The maximum atomic E-state index is 5.46. The van der Waals surface area contributed by atoms with Crippen molar-refractivity contribution < 1.29 is 4.74 Å². The van der Waals surface area contributed by atoms with Gasteiger partial charge in [-0.3, -0.25) is 0 Å². The Morgan fingerprint density at radius 3 is 2.68 bits per heavy atom. The molecule has 7 heteroatoms. The zero-order valence-corrected chi connectivity index (χ0v) is 12.5. The van der Waals surface area contributed by atoms with E-state index < -0.39 is 0 Å². The number of thiocarbonyl (C=S) groups is 1. The predicted octanol–water partition coefficient (Wildman–Crippen LogP) is 2.63. The molecule has 0 amide bonds. The Kier molecular flexibility index (Phi) is 4.28. The average Bonchev–Trinajstić information content (AvgIpc) is 2.39. The number of hydrogen-bond acceptors (Lipinski definition) is 5. The zero-order valence-electron chi connectivity index (χ0n) is 10.1. The normalized spacial score (nSPS) is 10.0. The number of anilines is 2. The van der Waals surface area contributed by atoms with Crippen LogP contribution in [0.3, 0.4) is 0 Å². The number of nitrogens with zero attached hydrogens (tertiary/aromatic N) is 2. The van der Waals surface area contributed by atoms with Crippen LogP contribution in [0, 0.1) is 0 Å². The summed E-state index contributed by atoms with van der Waals surface area (Å²) < 4.78 is 6.02. The third-order valence-corrected chi connectivity index (χ3v) is 3.16. The molecule has 5 nitrogen and oxygen atoms in total. The molecule has 0 spiro atoms. The maximum Gasteiger partial charge on any atom is 0.148 e. The summed E-state index contributed by atoms with van der Waals surface area (Å²) in [7, 11) is 1.62. The van der Waals surface area contributed by atoms with E-state index in [9.17, 15) is 0 Å². The molecular formula is C12H11BrN4OS. The molecule has 2 rings (SSSR count). The lowest BCUT2D eigenvalue weighted by atomic mass is 10.3. The number of ether oxygens (including phenoxy) is 1. The van der Waals surface area contributed by atoms with Crippen molar-refractivity contribution in [2.45, 2.75) is 0 Å². The number of methoxy groups -OCH3 is 1. The van der Waals surface area contributed by atoms with Gasteiger partial charge in [0.25, 0.3) is 0 Å². The van der Waals surface area contributed by atoms with E-state index in [-0.39, 0.29) is 4.99 Å². The molecule has 98 valence electrons. The monoisotopic (exact) mass is 338 g/mol. The lowest BCUT2D eigenvalue weighted by molar-refractivity contribution is 0.412. The molecule has 0 fully saturated rings. The second-order valence-corrected chi connectivity index (χ2v) is 4.92. The molecule has 0 aliphatic heterocycles. The van der Waals surface area contributed by atoms with Gasteiger partial charge in [0.15, 0.2) is 0 Å². The molecule has 0 aliphatic carbocycles. The van der Waals surface area contributed by atoms with Gasteiger partial charge >= 0.3 is 0 Å². The summed E-state index contributed by atoms with van der Waals surface area (Å²) in [6.45, 7) is 0. The van der Waals surface area contributed by atoms with Gasteiger partial charge in [-0.15, -0.1) is 0 Å². The van der Waals surface area contributed by atoms with Crippen molar-refractivity contribution >= 4 is 44.6 Å². The summed E-state index contributed by atoms with van der Waals surface area (Å²) in [5.74, 6) is 1.37. The smallest absolute Gasteiger partial charge is 0.148 e. The number of nitrogens with two attached hydrogens (primary N) is 1. The Morgan fingerprint density at radius 2 is 2.16 bits per heavy atom. The highest BCUT2D eigenvalue weighted by molar-refractivity contribution is 9.10. The molecule has 0 unspecified atom stereocenters. The lowest BCUT2D eigenvalue weighted by Crippen LogP contribution is -2.12. The van der Waals surface area contributed by atoms with Gasteiger partial charge in [-0.25, -0.2) is 9.97 Å². The van der Waals surface area contributed by atoms with E-state index in [4.69, 9.17) is 22.7 Å². The molecule has 0 radical (unpaired) electrons. The Balaban J connectivity index is 2.16. The molecule has 0 aliphatic rings. The molecule has 0 saturated heterocycles. The standard InChI is InChI=1S/C12H11BrN4OS/c1-18-10-3-2-7(4-8(10)13)17-11-6-15-9(5-16-11)12(14)19/h2-6H,1H3,(H2,14,19)(H,16,17). The molecule has 0 bridgehead atoms. The highest BCUT2D eigenvalue weighted by Crippen LogP contribution is 2.28. The van der Waals surface area contributed by atoms with E-state index in [0.29, 0.717) is 11.5 Å². The van der Waals surface area contributed by atoms with Crippen LogP contribution in [0.2, 0.25) is 0 Å². The minimum absolute atomic E-state index is 0.228. The average molecular weight is 339 g/mol. The van der Waals surface area contributed by atoms with Crippen LogP contribution in [0.5, 0.6) is 5.75 Å². The minimum Gasteiger partial charge on any atom is -0.496 e. The van der Waals surface area contributed by atoms with Crippen LogP contribution in [-0.2, 0) is 0 Å². The van der Waals surface area contributed by atoms with Gasteiger partial charge in [0.1, 0.15) is 22.2 Å². The van der Waals surface area contributed by atoms with Crippen molar-refractivity contribution in [3.05, 3.63) is 40.8 Å². The first kappa shape index (κ1) is 13.7. The highest BCUT2D eigenvalue weighted by Gasteiger charge is 2.03. The fourth-order valence-corrected chi connectivity index (χ4v) is 2.06. The SMILES string of the molecule is COc1ccc(Nc2cnc(C(N)=S)cn2)cc1Br. The molecule has 0 atom stereocenters. The van der Waals surface area contributed by atoms with Crippen molar-refractivity contribution in [3.63, 3.8) is 0 Å². The molecule has 1 heterocycles. The van der Waals surface area contributed by atoms with E-state index in [0.717, 1.165) is 15.9 Å². The van der Waals surface area contributed by atoms with Gasteiger partial charge in [0.2, 0.25) is 0 Å². The first-order valence-corrected chi connectivity index (χ1v) is 6.52. The van der Waals surface area contributed by atoms with Gasteiger partial charge in [-0.05, 0) is 34.1 Å². The number of nitrogens with one attached hydrogen (secondary N) is 1. The van der Waals surface area contributed by atoms with E-state index in [1.807, 2.05) is 18.2 Å². The van der Waals surface area contributed by atoms with Crippen molar-refractivity contribution in [2.24, 2.45) is 5.73 Å². The number of halogens is 1. The molecule has 2 aromatic rings. The van der Waals surface area contributed by atoms with E-state index in [1.165, 1.54) is 6.20 Å². The number of benzene rings is 1. The molecule has 3 N–H and O–H groups in total. The van der Waals surface area contributed by atoms with Gasteiger partial charge in [0.05, 0.1) is 24.0 Å². The summed E-state index contributed by atoms with van der Waals surface area (Å²) in [5.41, 5.74) is 6.82. The quantitative estimate of drug-likeness (QED) is 0.835. The van der Waals surface area contributed by atoms with Crippen LogP contribution in [0.15, 0.2) is 35.1 Å². The van der Waals surface area contributed by atoms with Gasteiger partial charge in [-0.2, -0.15) is 0 Å². The van der Waals surface area contributed by atoms with E-state index >= 15 is 0 Å². The Labute approximate surface area is 124 Å². The third-order valence-electron chi connectivity index (χ3n) is 2.33. The van der Waals surface area contributed by atoms with Crippen molar-refractivity contribution in [1.29, 1.82) is 0 Å². The Hall–Kier alpha value is -1.73. The number of rotatable bonds is 4. The van der Waals surface area contributed by atoms with Crippen LogP contribution in [0.4, 0.5) is 11.5 Å². The molecule has 0 saturated carbocycles. The van der Waals surface area contributed by atoms with Gasteiger partial charge in [-0.1, -0.05) is 12.2 Å². The first-order chi connectivity index (χ1) is 9.10. The second kappa shape index (κ2) is 5.94. The van der Waals surface area contributed by atoms with Crippen LogP contribution in [0.25, 0.3) is 0 Å². The summed E-state index contributed by atoms with van der Waals surface area (Å²) in [6.07, 6.45) is 3.11. The number of hydrogen-bond donors (Lipinski definition) is 2. The van der Waals surface area contributed by atoms with Crippen LogP contribution in [-0.4, -0.2) is 22.1 Å². The van der Waals surface area contributed by atoms with Crippen molar-refractivity contribution in [1.82, 2.24) is 9.97 Å². The topological polar surface area (TPSA) is 73.1 Å². The molecule has 1 aromatic heterocycles. The molecule has 1 aromatic carbocycles. The summed E-state index contributed by atoms with van der Waals surface area (Å²) in [4.78, 5) is 8.51. The fourth-order valence-electron chi connectivity index (χ4n) is 1.41. The second-order valence-electron chi connectivity index (χ2n) is 3.63. The molecule has 19 heavy (non-hydrogen) atoms. The van der Waals surface area contributed by atoms with Gasteiger partial charge in [0, 0.05) is 5.69 Å². The van der Waals surface area contributed by atoms with Crippen molar-refractivity contribution in [3.8, 4) is 5.75 Å². The Morgan fingerprint density at radius 1 is 1.37 bits per heavy atom. The maximum absolute atomic E-state index is 5.46. The van der Waals surface area contributed by atoms with E-state index in [2.05, 4.69) is 31.2 Å². The van der Waals surface area contributed by atoms with Crippen molar-refractivity contribution in [2.75, 3.05) is 12.4 Å². The third kappa shape index (κ3) is 3.39. The Bertz CT molecular complexity index is 603. The summed E-state index contributed by atoms with van der Waals surface area (Å²) in [5, 5.41) is 3.12. The summed E-state index contributed by atoms with van der Waals surface area (Å²) in [6, 6.07) is 5.62. The molecular weight excluding hydrogens is 328 g/mol. The lowest BCUT2D eigenvalue weighted by Gasteiger charge is -2.08. The highest BCUT2D eigenvalue weighted by atomic mass is 79.9. The largest absolute Gasteiger partial charge is 0.496 e. The zero-order chi connectivity index (χ0) is 13.8. The predicted molar refractivity (Wildman–Crippen MR) is 81.9 cm³/mol. The van der Waals surface area contributed by atoms with Crippen LogP contribution < -0.4 is 15.8 Å². The number of aromatic nitrogens is 2. The van der Waals surface area contributed by atoms with Crippen LogP contribution >= 0.6 is 28.1 Å². The summed E-state index contributed by atoms with van der Waals surface area (Å²) >= 11 is 8.23. The first-order valence-electron chi connectivity index (χ1n) is 5.32. The van der Waals surface area contributed by atoms with E-state index in [1.54, 1.807) is 13.3 Å². The van der Waals surface area contributed by atoms with Crippen LogP contribution in [0.1, 0.15) is 5.69 Å². The fraction of sp³-hybridized carbons (Fsp3) is 0.0833. The van der Waals surface area contributed by atoms with Gasteiger partial charge < -0.3 is 15.8 Å². The minimum atomic E-state index is 0.228.